The lowest BCUT2D eigenvalue weighted by Gasteiger charge is -2.07. The summed E-state index contributed by atoms with van der Waals surface area (Å²) in [6, 6.07) is 21.9. The predicted molar refractivity (Wildman–Crippen MR) is 117 cm³/mol. The second-order valence-electron chi connectivity index (χ2n) is 6.70. The third-order valence-electron chi connectivity index (χ3n) is 4.80. The summed E-state index contributed by atoms with van der Waals surface area (Å²) in [6.45, 7) is 0. The summed E-state index contributed by atoms with van der Waals surface area (Å²) in [7, 11) is 0. The molecule has 140 valence electrons. The van der Waals surface area contributed by atoms with Crippen LogP contribution in [0.25, 0.3) is 22.0 Å². The summed E-state index contributed by atoms with van der Waals surface area (Å²) in [5, 5.41) is 11.0. The molecule has 0 spiro atoms. The maximum Gasteiger partial charge on any atom is 0.307 e. The Bertz CT molecular complexity index is 1170. The van der Waals surface area contributed by atoms with Crippen LogP contribution in [0.3, 0.4) is 0 Å². The largest absolute Gasteiger partial charge is 0.481 e. The maximum absolute atomic E-state index is 11.4. The SMILES string of the molecule is O=C(O)Cc1c(Cc2ccc(-c3ccccc3Cl)cc2)[nH]c2ccc(Br)cc12. The fourth-order valence-electron chi connectivity index (χ4n) is 3.48. The van der Waals surface area contributed by atoms with Gasteiger partial charge in [0.25, 0.3) is 0 Å². The first-order valence-corrected chi connectivity index (χ1v) is 10.0. The molecule has 0 unspecified atom stereocenters. The standard InChI is InChI=1S/C23H17BrClNO2/c24-16-9-10-21-18(12-16)19(13-23(27)28)22(26-21)11-14-5-7-15(8-6-14)17-3-1-2-4-20(17)25/h1-10,12,26H,11,13H2,(H,27,28). The lowest BCUT2D eigenvalue weighted by Crippen LogP contribution is -2.03. The van der Waals surface area contributed by atoms with E-state index >= 15 is 0 Å². The molecule has 5 heteroatoms. The summed E-state index contributed by atoms with van der Waals surface area (Å²) in [4.78, 5) is 14.8. The molecular weight excluding hydrogens is 438 g/mol. The molecule has 0 saturated carbocycles. The van der Waals surface area contributed by atoms with E-state index in [1.807, 2.05) is 54.6 Å². The molecule has 0 radical (unpaired) electrons. The molecule has 4 aromatic rings. The molecule has 0 bridgehead atoms. The van der Waals surface area contributed by atoms with E-state index in [1.54, 1.807) is 0 Å². The number of aromatic nitrogens is 1. The van der Waals surface area contributed by atoms with Gasteiger partial charge in [0, 0.05) is 38.1 Å². The molecule has 28 heavy (non-hydrogen) atoms. The first kappa shape index (κ1) is 18.8. The number of H-pyrrole nitrogens is 1. The molecule has 0 aliphatic heterocycles. The van der Waals surface area contributed by atoms with E-state index in [9.17, 15) is 9.90 Å². The highest BCUT2D eigenvalue weighted by atomic mass is 79.9. The van der Waals surface area contributed by atoms with E-state index in [4.69, 9.17) is 11.6 Å². The third kappa shape index (κ3) is 3.84. The number of hydrogen-bond donors (Lipinski definition) is 2. The number of rotatable bonds is 5. The second-order valence-corrected chi connectivity index (χ2v) is 8.02. The van der Waals surface area contributed by atoms with Crippen LogP contribution in [0.2, 0.25) is 5.02 Å². The number of halogens is 2. The number of carboxylic acids is 1. The van der Waals surface area contributed by atoms with Gasteiger partial charge in [-0.1, -0.05) is 70.0 Å². The van der Waals surface area contributed by atoms with Crippen LogP contribution in [0.5, 0.6) is 0 Å². The second kappa shape index (κ2) is 7.82. The summed E-state index contributed by atoms with van der Waals surface area (Å²) in [5.74, 6) is -0.837. The van der Waals surface area contributed by atoms with Crippen molar-refractivity contribution in [3.63, 3.8) is 0 Å². The highest BCUT2D eigenvalue weighted by Crippen LogP contribution is 2.30. The Balaban J connectivity index is 1.68. The smallest absolute Gasteiger partial charge is 0.307 e. The average molecular weight is 455 g/mol. The quantitative estimate of drug-likeness (QED) is 0.363. The number of fused-ring (bicyclic) bond motifs is 1. The van der Waals surface area contributed by atoms with Gasteiger partial charge in [0.15, 0.2) is 0 Å². The number of nitrogens with one attached hydrogen (secondary N) is 1. The number of aliphatic carboxylic acids is 1. The predicted octanol–water partition coefficient (Wildman–Crippen LogP) is 6.47. The molecule has 0 atom stereocenters. The van der Waals surface area contributed by atoms with E-state index in [0.29, 0.717) is 6.42 Å². The zero-order chi connectivity index (χ0) is 19.7. The van der Waals surface area contributed by atoms with Crippen molar-refractivity contribution in [3.8, 4) is 11.1 Å². The van der Waals surface area contributed by atoms with Crippen molar-refractivity contribution in [2.75, 3.05) is 0 Å². The Hall–Kier alpha value is -2.56. The first-order chi connectivity index (χ1) is 13.5. The van der Waals surface area contributed by atoms with E-state index in [-0.39, 0.29) is 6.42 Å². The van der Waals surface area contributed by atoms with Gasteiger partial charge < -0.3 is 10.1 Å². The van der Waals surface area contributed by atoms with Gasteiger partial charge in [0.2, 0.25) is 0 Å². The van der Waals surface area contributed by atoms with Crippen LogP contribution in [0.1, 0.15) is 16.8 Å². The lowest BCUT2D eigenvalue weighted by molar-refractivity contribution is -0.136. The minimum Gasteiger partial charge on any atom is -0.481 e. The molecule has 3 aromatic carbocycles. The summed E-state index contributed by atoms with van der Waals surface area (Å²) in [6.07, 6.45) is 0.626. The van der Waals surface area contributed by atoms with E-state index < -0.39 is 5.97 Å². The minimum absolute atomic E-state index is 0.0104. The van der Waals surface area contributed by atoms with Crippen molar-refractivity contribution in [2.45, 2.75) is 12.8 Å². The molecule has 1 aromatic heterocycles. The Morgan fingerprint density at radius 2 is 1.79 bits per heavy atom. The van der Waals surface area contributed by atoms with Gasteiger partial charge in [-0.15, -0.1) is 0 Å². The van der Waals surface area contributed by atoms with Crippen LogP contribution in [0, 0.1) is 0 Å². The molecule has 2 N–H and O–H groups in total. The van der Waals surface area contributed by atoms with Gasteiger partial charge >= 0.3 is 5.97 Å². The van der Waals surface area contributed by atoms with Crippen molar-refractivity contribution in [1.29, 1.82) is 0 Å². The van der Waals surface area contributed by atoms with Gasteiger partial charge in [0.05, 0.1) is 6.42 Å². The molecule has 0 aliphatic rings. The van der Waals surface area contributed by atoms with Crippen molar-refractivity contribution in [3.05, 3.63) is 93.0 Å². The molecule has 0 amide bonds. The molecular formula is C23H17BrClNO2. The topological polar surface area (TPSA) is 53.1 Å². The van der Waals surface area contributed by atoms with Gasteiger partial charge in [-0.25, -0.2) is 0 Å². The van der Waals surface area contributed by atoms with Crippen molar-refractivity contribution < 1.29 is 9.90 Å². The van der Waals surface area contributed by atoms with Crippen LogP contribution < -0.4 is 0 Å². The number of aromatic amines is 1. The van der Waals surface area contributed by atoms with Gasteiger partial charge in [-0.05, 0) is 41.0 Å². The number of carbonyl (C=O) groups is 1. The Kier molecular flexibility index (Phi) is 5.25. The van der Waals surface area contributed by atoms with Crippen LogP contribution in [0.15, 0.2) is 71.2 Å². The highest BCUT2D eigenvalue weighted by Gasteiger charge is 2.15. The lowest BCUT2D eigenvalue weighted by atomic mass is 9.99. The van der Waals surface area contributed by atoms with Gasteiger partial charge in [0.1, 0.15) is 0 Å². The number of benzene rings is 3. The first-order valence-electron chi connectivity index (χ1n) is 8.86. The highest BCUT2D eigenvalue weighted by molar-refractivity contribution is 9.10. The fourth-order valence-corrected chi connectivity index (χ4v) is 4.09. The molecule has 1 heterocycles. The van der Waals surface area contributed by atoms with E-state index in [1.165, 1.54) is 0 Å². The molecule has 0 aliphatic carbocycles. The number of hydrogen-bond acceptors (Lipinski definition) is 1. The molecule has 4 rings (SSSR count). The average Bonchev–Trinajstić information content (AvgIpc) is 2.99. The van der Waals surface area contributed by atoms with Gasteiger partial charge in [-0.3, -0.25) is 4.79 Å². The summed E-state index contributed by atoms with van der Waals surface area (Å²) >= 11 is 9.76. The monoisotopic (exact) mass is 453 g/mol. The van der Waals surface area contributed by atoms with Crippen LogP contribution in [-0.4, -0.2) is 16.1 Å². The molecule has 0 saturated heterocycles. The summed E-state index contributed by atoms with van der Waals surface area (Å²) in [5.41, 5.74) is 5.87. The Morgan fingerprint density at radius 1 is 1.04 bits per heavy atom. The zero-order valence-corrected chi connectivity index (χ0v) is 17.2. The van der Waals surface area contributed by atoms with E-state index in [0.717, 1.165) is 48.3 Å². The third-order valence-corrected chi connectivity index (χ3v) is 5.63. The molecule has 3 nitrogen and oxygen atoms in total. The maximum atomic E-state index is 11.4. The van der Waals surface area contributed by atoms with E-state index in [2.05, 4.69) is 33.0 Å². The van der Waals surface area contributed by atoms with Crippen molar-refractivity contribution >= 4 is 44.4 Å². The van der Waals surface area contributed by atoms with Crippen molar-refractivity contribution in [2.24, 2.45) is 0 Å². The van der Waals surface area contributed by atoms with Gasteiger partial charge in [-0.2, -0.15) is 0 Å². The number of carboxylic acid groups (broad SMARTS) is 1. The zero-order valence-electron chi connectivity index (χ0n) is 14.9. The summed E-state index contributed by atoms with van der Waals surface area (Å²) < 4.78 is 0.932. The van der Waals surface area contributed by atoms with Crippen molar-refractivity contribution in [1.82, 2.24) is 4.98 Å². The Labute approximate surface area is 176 Å². The van der Waals surface area contributed by atoms with Crippen LogP contribution in [0.4, 0.5) is 0 Å². The normalized spacial score (nSPS) is 11.1. The minimum atomic E-state index is -0.837. The van der Waals surface area contributed by atoms with Crippen LogP contribution in [-0.2, 0) is 17.6 Å². The molecule has 0 fully saturated rings. The Morgan fingerprint density at radius 3 is 2.50 bits per heavy atom. The van der Waals surface area contributed by atoms with Crippen LogP contribution >= 0.6 is 27.5 Å². The fraction of sp³-hybridized carbons (Fsp3) is 0.0870.